The number of aromatic nitrogens is 2. The first-order valence-corrected chi connectivity index (χ1v) is 10.9. The number of nitrogens with two attached hydrogens (primary N) is 1. The van der Waals surface area contributed by atoms with E-state index in [2.05, 4.69) is 24.3 Å². The van der Waals surface area contributed by atoms with Crippen LogP contribution in [-0.2, 0) is 0 Å². The van der Waals surface area contributed by atoms with Crippen molar-refractivity contribution in [2.24, 2.45) is 0 Å². The molecular formula is C25H22Cl2N4O. The van der Waals surface area contributed by atoms with E-state index in [0.29, 0.717) is 33.0 Å². The molecule has 1 aromatic heterocycles. The number of nitrogen functional groups attached to an aromatic ring is 1. The SMILES string of the molecule is CC(C)c1ccccc1NC(=O)c1ccc(-n2nc(-c3ccc(Cl)c(Cl)c3)cc2N)cc1. The molecule has 3 aromatic carbocycles. The molecule has 0 fully saturated rings. The largest absolute Gasteiger partial charge is 0.384 e. The van der Waals surface area contributed by atoms with Gasteiger partial charge < -0.3 is 11.1 Å². The number of para-hydroxylation sites is 1. The van der Waals surface area contributed by atoms with Gasteiger partial charge in [0.05, 0.1) is 21.4 Å². The lowest BCUT2D eigenvalue weighted by Crippen LogP contribution is -2.14. The van der Waals surface area contributed by atoms with E-state index in [9.17, 15) is 4.79 Å². The molecule has 0 saturated heterocycles. The molecule has 0 aliphatic heterocycles. The second-order valence-electron chi connectivity index (χ2n) is 7.74. The number of halogens is 2. The highest BCUT2D eigenvalue weighted by atomic mass is 35.5. The molecule has 32 heavy (non-hydrogen) atoms. The van der Waals surface area contributed by atoms with Gasteiger partial charge in [0, 0.05) is 22.9 Å². The van der Waals surface area contributed by atoms with Crippen LogP contribution >= 0.6 is 23.2 Å². The molecule has 4 aromatic rings. The van der Waals surface area contributed by atoms with Crippen LogP contribution in [0.3, 0.4) is 0 Å². The lowest BCUT2D eigenvalue weighted by Gasteiger charge is -2.14. The molecular weight excluding hydrogens is 443 g/mol. The normalized spacial score (nSPS) is 11.0. The summed E-state index contributed by atoms with van der Waals surface area (Å²) < 4.78 is 1.62. The molecule has 5 nitrogen and oxygen atoms in total. The van der Waals surface area contributed by atoms with E-state index in [1.165, 1.54) is 0 Å². The summed E-state index contributed by atoms with van der Waals surface area (Å²) >= 11 is 12.1. The zero-order chi connectivity index (χ0) is 22.8. The first kappa shape index (κ1) is 21.9. The van der Waals surface area contributed by atoms with Crippen LogP contribution in [0.15, 0.2) is 72.8 Å². The molecule has 1 heterocycles. The molecule has 0 radical (unpaired) electrons. The first-order chi connectivity index (χ1) is 15.3. The third kappa shape index (κ3) is 4.49. The van der Waals surface area contributed by atoms with Gasteiger partial charge in [0.2, 0.25) is 0 Å². The number of hydrogen-bond acceptors (Lipinski definition) is 3. The van der Waals surface area contributed by atoms with E-state index >= 15 is 0 Å². The highest BCUT2D eigenvalue weighted by Crippen LogP contribution is 2.30. The maximum Gasteiger partial charge on any atom is 0.255 e. The Kier molecular flexibility index (Phi) is 6.21. The minimum Gasteiger partial charge on any atom is -0.384 e. The second-order valence-corrected chi connectivity index (χ2v) is 8.55. The van der Waals surface area contributed by atoms with E-state index in [1.54, 1.807) is 35.0 Å². The predicted octanol–water partition coefficient (Wildman–Crippen LogP) is 6.80. The van der Waals surface area contributed by atoms with Crippen LogP contribution in [-0.4, -0.2) is 15.7 Å². The Hall–Kier alpha value is -3.28. The van der Waals surface area contributed by atoms with Crippen molar-refractivity contribution in [1.82, 2.24) is 9.78 Å². The van der Waals surface area contributed by atoms with Gasteiger partial charge in [-0.15, -0.1) is 0 Å². The summed E-state index contributed by atoms with van der Waals surface area (Å²) in [7, 11) is 0. The van der Waals surface area contributed by atoms with Crippen LogP contribution in [0.1, 0.15) is 35.7 Å². The summed E-state index contributed by atoms with van der Waals surface area (Å²) in [5, 5.41) is 8.52. The lowest BCUT2D eigenvalue weighted by atomic mass is 10.0. The molecule has 7 heteroatoms. The topological polar surface area (TPSA) is 72.9 Å². The second kappa shape index (κ2) is 9.07. The van der Waals surface area contributed by atoms with E-state index in [1.807, 2.05) is 42.5 Å². The highest BCUT2D eigenvalue weighted by molar-refractivity contribution is 6.42. The van der Waals surface area contributed by atoms with Crippen molar-refractivity contribution in [2.75, 3.05) is 11.1 Å². The molecule has 0 aliphatic rings. The van der Waals surface area contributed by atoms with Gasteiger partial charge in [0.1, 0.15) is 5.82 Å². The van der Waals surface area contributed by atoms with E-state index in [-0.39, 0.29) is 5.91 Å². The van der Waals surface area contributed by atoms with Gasteiger partial charge in [-0.2, -0.15) is 5.10 Å². The number of amides is 1. The van der Waals surface area contributed by atoms with Crippen molar-refractivity contribution in [2.45, 2.75) is 19.8 Å². The number of carbonyl (C=O) groups is 1. The molecule has 162 valence electrons. The van der Waals surface area contributed by atoms with Gasteiger partial charge >= 0.3 is 0 Å². The Morgan fingerprint density at radius 3 is 2.38 bits per heavy atom. The third-order valence-corrected chi connectivity index (χ3v) is 5.90. The van der Waals surface area contributed by atoms with Crippen LogP contribution in [0.4, 0.5) is 11.5 Å². The van der Waals surface area contributed by atoms with Gasteiger partial charge in [-0.1, -0.05) is 61.3 Å². The molecule has 0 atom stereocenters. The summed E-state index contributed by atoms with van der Waals surface area (Å²) in [6, 6.07) is 22.0. The fraction of sp³-hybridized carbons (Fsp3) is 0.120. The zero-order valence-electron chi connectivity index (χ0n) is 17.6. The van der Waals surface area contributed by atoms with Gasteiger partial charge in [-0.05, 0) is 53.9 Å². The Morgan fingerprint density at radius 1 is 0.969 bits per heavy atom. The Balaban J connectivity index is 1.56. The predicted molar refractivity (Wildman–Crippen MR) is 132 cm³/mol. The van der Waals surface area contributed by atoms with Crippen molar-refractivity contribution in [3.05, 3.63) is 94.0 Å². The summed E-state index contributed by atoms with van der Waals surface area (Å²) in [5.41, 5.74) is 10.9. The van der Waals surface area contributed by atoms with Gasteiger partial charge in [0.15, 0.2) is 0 Å². The van der Waals surface area contributed by atoms with Crippen molar-refractivity contribution in [3.8, 4) is 16.9 Å². The van der Waals surface area contributed by atoms with Crippen molar-refractivity contribution >= 4 is 40.6 Å². The molecule has 0 bridgehead atoms. The number of hydrogen-bond donors (Lipinski definition) is 2. The Bertz CT molecular complexity index is 1280. The van der Waals surface area contributed by atoms with Gasteiger partial charge in [-0.3, -0.25) is 4.79 Å². The quantitative estimate of drug-likeness (QED) is 0.340. The average Bonchev–Trinajstić information content (AvgIpc) is 3.17. The molecule has 3 N–H and O–H groups in total. The van der Waals surface area contributed by atoms with Crippen LogP contribution in [0.2, 0.25) is 10.0 Å². The molecule has 0 unspecified atom stereocenters. The number of nitrogens with one attached hydrogen (secondary N) is 1. The number of anilines is 2. The van der Waals surface area contributed by atoms with Crippen LogP contribution in [0.5, 0.6) is 0 Å². The monoisotopic (exact) mass is 464 g/mol. The van der Waals surface area contributed by atoms with E-state index < -0.39 is 0 Å². The highest BCUT2D eigenvalue weighted by Gasteiger charge is 2.13. The van der Waals surface area contributed by atoms with Gasteiger partial charge in [0.25, 0.3) is 5.91 Å². The zero-order valence-corrected chi connectivity index (χ0v) is 19.2. The maximum absolute atomic E-state index is 12.8. The third-order valence-electron chi connectivity index (χ3n) is 5.16. The summed E-state index contributed by atoms with van der Waals surface area (Å²) in [6.07, 6.45) is 0. The summed E-state index contributed by atoms with van der Waals surface area (Å²) in [6.45, 7) is 4.20. The molecule has 0 saturated carbocycles. The molecule has 1 amide bonds. The maximum atomic E-state index is 12.8. The minimum absolute atomic E-state index is 0.172. The number of carbonyl (C=O) groups excluding carboxylic acids is 1. The number of nitrogens with zero attached hydrogens (tertiary/aromatic N) is 2. The standard InChI is InChI=1S/C25H22Cl2N4O/c1-15(2)19-5-3-4-6-22(19)29-25(32)16-7-10-18(11-8-16)31-24(28)14-23(30-31)17-9-12-20(26)21(27)13-17/h3-15H,28H2,1-2H3,(H,29,32). The molecule has 4 rings (SSSR count). The van der Waals surface area contributed by atoms with Crippen molar-refractivity contribution < 1.29 is 4.79 Å². The van der Waals surface area contributed by atoms with Crippen LogP contribution < -0.4 is 11.1 Å². The van der Waals surface area contributed by atoms with E-state index in [4.69, 9.17) is 28.9 Å². The van der Waals surface area contributed by atoms with E-state index in [0.717, 1.165) is 22.5 Å². The molecule has 0 spiro atoms. The van der Waals surface area contributed by atoms with Crippen molar-refractivity contribution in [3.63, 3.8) is 0 Å². The number of benzene rings is 3. The fourth-order valence-electron chi connectivity index (χ4n) is 3.46. The van der Waals surface area contributed by atoms with Crippen molar-refractivity contribution in [1.29, 1.82) is 0 Å². The van der Waals surface area contributed by atoms with Crippen LogP contribution in [0.25, 0.3) is 16.9 Å². The summed E-state index contributed by atoms with van der Waals surface area (Å²) in [5.74, 6) is 0.602. The van der Waals surface area contributed by atoms with Crippen LogP contribution in [0, 0.1) is 0 Å². The Labute approximate surface area is 196 Å². The Morgan fingerprint density at radius 2 is 1.69 bits per heavy atom. The number of rotatable bonds is 5. The smallest absolute Gasteiger partial charge is 0.255 e. The lowest BCUT2D eigenvalue weighted by molar-refractivity contribution is 0.102. The van der Waals surface area contributed by atoms with Gasteiger partial charge in [-0.25, -0.2) is 4.68 Å². The first-order valence-electron chi connectivity index (χ1n) is 10.1. The summed E-state index contributed by atoms with van der Waals surface area (Å²) in [4.78, 5) is 12.8. The fourth-order valence-corrected chi connectivity index (χ4v) is 3.76. The minimum atomic E-state index is -0.172. The average molecular weight is 465 g/mol. The molecule has 0 aliphatic carbocycles.